The summed E-state index contributed by atoms with van der Waals surface area (Å²) in [6.07, 6.45) is 4.60. The molecular weight excluding hydrogens is 254 g/mol. The van der Waals surface area contributed by atoms with Crippen LogP contribution in [0, 0.1) is 5.92 Å². The van der Waals surface area contributed by atoms with E-state index in [0.717, 1.165) is 25.1 Å². The van der Waals surface area contributed by atoms with Crippen LogP contribution >= 0.6 is 0 Å². The van der Waals surface area contributed by atoms with Gasteiger partial charge in [0.15, 0.2) is 0 Å². The van der Waals surface area contributed by atoms with Crippen molar-refractivity contribution < 1.29 is 9.53 Å². The Morgan fingerprint density at radius 1 is 1.35 bits per heavy atom. The number of rotatable bonds is 5. The summed E-state index contributed by atoms with van der Waals surface area (Å²) in [5, 5.41) is 3.49. The molecule has 0 atom stereocenters. The van der Waals surface area contributed by atoms with Crippen molar-refractivity contribution >= 4 is 11.6 Å². The van der Waals surface area contributed by atoms with Crippen molar-refractivity contribution in [2.45, 2.75) is 31.7 Å². The second-order valence-electron chi connectivity index (χ2n) is 5.38. The van der Waals surface area contributed by atoms with Crippen molar-refractivity contribution in [3.8, 4) is 5.75 Å². The van der Waals surface area contributed by atoms with E-state index < -0.39 is 5.91 Å². The number of carbonyl (C=O) groups excluding carboxylic acids is 1. The molecule has 0 aliphatic heterocycles. The number of primary amides is 1. The number of benzene rings is 1. The topological polar surface area (TPSA) is 90.4 Å². The van der Waals surface area contributed by atoms with Crippen LogP contribution in [0.25, 0.3) is 0 Å². The van der Waals surface area contributed by atoms with E-state index >= 15 is 0 Å². The van der Waals surface area contributed by atoms with Crippen LogP contribution in [0.2, 0.25) is 0 Å². The summed E-state index contributed by atoms with van der Waals surface area (Å²) in [5.41, 5.74) is 12.4. The molecule has 1 aliphatic carbocycles. The number of amides is 1. The monoisotopic (exact) mass is 277 g/mol. The largest absolute Gasteiger partial charge is 0.496 e. The number of nitrogens with two attached hydrogens (primary N) is 2. The molecule has 1 aliphatic rings. The average Bonchev–Trinajstić information content (AvgIpc) is 2.47. The van der Waals surface area contributed by atoms with Gasteiger partial charge in [-0.05, 0) is 50.3 Å². The first-order chi connectivity index (χ1) is 9.63. The summed E-state index contributed by atoms with van der Waals surface area (Å²) in [5.74, 6) is 0.704. The standard InChI is InChI=1S/C15H23N3O2/c1-20-14-8-12(6-7-13(14)15(17)19)18-11-4-2-10(9-16)3-5-11/h6-8,10-11,18H,2-5,9,16H2,1H3,(H2,17,19). The number of anilines is 1. The zero-order chi connectivity index (χ0) is 14.5. The number of nitrogens with one attached hydrogen (secondary N) is 1. The summed E-state index contributed by atoms with van der Waals surface area (Å²) >= 11 is 0. The molecule has 1 saturated carbocycles. The lowest BCUT2D eigenvalue weighted by atomic mass is 9.86. The highest BCUT2D eigenvalue weighted by molar-refractivity contribution is 5.96. The molecule has 2 rings (SSSR count). The third-order valence-electron chi connectivity index (χ3n) is 4.02. The smallest absolute Gasteiger partial charge is 0.252 e. The molecule has 0 aromatic heterocycles. The van der Waals surface area contributed by atoms with Gasteiger partial charge >= 0.3 is 0 Å². The van der Waals surface area contributed by atoms with Gasteiger partial charge in [-0.15, -0.1) is 0 Å². The number of carbonyl (C=O) groups is 1. The molecule has 110 valence electrons. The van der Waals surface area contributed by atoms with Gasteiger partial charge in [-0.25, -0.2) is 0 Å². The maximum atomic E-state index is 11.3. The Bertz CT molecular complexity index is 468. The second kappa shape index (κ2) is 6.61. The lowest BCUT2D eigenvalue weighted by Gasteiger charge is -2.29. The summed E-state index contributed by atoms with van der Waals surface area (Å²) in [7, 11) is 1.54. The van der Waals surface area contributed by atoms with Gasteiger partial charge in [0, 0.05) is 17.8 Å². The fourth-order valence-electron chi connectivity index (χ4n) is 2.76. The van der Waals surface area contributed by atoms with E-state index in [1.54, 1.807) is 6.07 Å². The molecule has 0 radical (unpaired) electrons. The highest BCUT2D eigenvalue weighted by atomic mass is 16.5. The molecule has 0 heterocycles. The van der Waals surface area contributed by atoms with Gasteiger partial charge in [-0.1, -0.05) is 0 Å². The summed E-state index contributed by atoms with van der Waals surface area (Å²) in [6.45, 7) is 0.786. The number of methoxy groups -OCH3 is 1. The number of ether oxygens (including phenoxy) is 1. The summed E-state index contributed by atoms with van der Waals surface area (Å²) in [4.78, 5) is 11.3. The van der Waals surface area contributed by atoms with Gasteiger partial charge in [0.05, 0.1) is 12.7 Å². The quantitative estimate of drug-likeness (QED) is 0.764. The van der Waals surface area contributed by atoms with Gasteiger partial charge in [0.1, 0.15) is 5.75 Å². The highest BCUT2D eigenvalue weighted by Crippen LogP contribution is 2.28. The van der Waals surface area contributed by atoms with Crippen LogP contribution in [0.4, 0.5) is 5.69 Å². The lowest BCUT2D eigenvalue weighted by molar-refractivity contribution is 0.0997. The van der Waals surface area contributed by atoms with E-state index in [2.05, 4.69) is 5.32 Å². The van der Waals surface area contributed by atoms with Crippen LogP contribution in [0.15, 0.2) is 18.2 Å². The fraction of sp³-hybridized carbons (Fsp3) is 0.533. The predicted octanol–water partition coefficient (Wildman–Crippen LogP) is 1.72. The fourth-order valence-corrected chi connectivity index (χ4v) is 2.76. The Morgan fingerprint density at radius 2 is 2.05 bits per heavy atom. The Kier molecular flexibility index (Phi) is 4.84. The molecule has 1 aromatic carbocycles. The SMILES string of the molecule is COc1cc(NC2CCC(CN)CC2)ccc1C(N)=O. The van der Waals surface area contributed by atoms with E-state index in [0.29, 0.717) is 23.3 Å². The van der Waals surface area contributed by atoms with E-state index in [1.165, 1.54) is 20.0 Å². The molecule has 20 heavy (non-hydrogen) atoms. The van der Waals surface area contributed by atoms with E-state index in [-0.39, 0.29) is 0 Å². The van der Waals surface area contributed by atoms with E-state index in [1.807, 2.05) is 12.1 Å². The molecule has 5 N–H and O–H groups in total. The van der Waals surface area contributed by atoms with Crippen LogP contribution in [0.3, 0.4) is 0 Å². The maximum Gasteiger partial charge on any atom is 0.252 e. The van der Waals surface area contributed by atoms with Crippen LogP contribution in [-0.4, -0.2) is 25.6 Å². The molecule has 1 amide bonds. The normalized spacial score (nSPS) is 22.3. The molecule has 5 nitrogen and oxygen atoms in total. The van der Waals surface area contributed by atoms with Crippen molar-refractivity contribution in [3.63, 3.8) is 0 Å². The molecule has 0 unspecified atom stereocenters. The number of hydrogen-bond donors (Lipinski definition) is 3. The van der Waals surface area contributed by atoms with E-state index in [9.17, 15) is 4.79 Å². The lowest BCUT2D eigenvalue weighted by Crippen LogP contribution is -2.29. The van der Waals surface area contributed by atoms with Crippen LogP contribution in [0.1, 0.15) is 36.0 Å². The highest BCUT2D eigenvalue weighted by Gasteiger charge is 2.20. The third kappa shape index (κ3) is 3.42. The molecule has 1 fully saturated rings. The Morgan fingerprint density at radius 3 is 2.60 bits per heavy atom. The summed E-state index contributed by atoms with van der Waals surface area (Å²) < 4.78 is 5.21. The van der Waals surface area contributed by atoms with Gasteiger partial charge in [0.25, 0.3) is 5.91 Å². The second-order valence-corrected chi connectivity index (χ2v) is 5.38. The first-order valence-corrected chi connectivity index (χ1v) is 7.08. The average molecular weight is 277 g/mol. The third-order valence-corrected chi connectivity index (χ3v) is 4.02. The molecule has 1 aromatic rings. The van der Waals surface area contributed by atoms with Crippen LogP contribution in [-0.2, 0) is 0 Å². The van der Waals surface area contributed by atoms with Crippen molar-refractivity contribution in [3.05, 3.63) is 23.8 Å². The zero-order valence-corrected chi connectivity index (χ0v) is 11.9. The molecule has 5 heteroatoms. The van der Waals surface area contributed by atoms with Crippen LogP contribution in [0.5, 0.6) is 5.75 Å². The zero-order valence-electron chi connectivity index (χ0n) is 11.9. The maximum absolute atomic E-state index is 11.3. The van der Waals surface area contributed by atoms with E-state index in [4.69, 9.17) is 16.2 Å². The van der Waals surface area contributed by atoms with Gasteiger partial charge in [0.2, 0.25) is 0 Å². The minimum atomic E-state index is -0.475. The summed E-state index contributed by atoms with van der Waals surface area (Å²) in [6, 6.07) is 5.86. The van der Waals surface area contributed by atoms with Crippen molar-refractivity contribution in [2.75, 3.05) is 19.0 Å². The number of hydrogen-bond acceptors (Lipinski definition) is 4. The molecule has 0 saturated heterocycles. The van der Waals surface area contributed by atoms with Gasteiger partial charge < -0.3 is 21.5 Å². The predicted molar refractivity (Wildman–Crippen MR) is 79.9 cm³/mol. The first-order valence-electron chi connectivity index (χ1n) is 7.08. The molecular formula is C15H23N3O2. The molecule has 0 spiro atoms. The minimum absolute atomic E-state index is 0.407. The Hall–Kier alpha value is -1.75. The minimum Gasteiger partial charge on any atom is -0.496 e. The van der Waals surface area contributed by atoms with Gasteiger partial charge in [-0.2, -0.15) is 0 Å². The first kappa shape index (κ1) is 14.7. The van der Waals surface area contributed by atoms with Crippen molar-refractivity contribution in [2.24, 2.45) is 17.4 Å². The molecule has 0 bridgehead atoms. The Balaban J connectivity index is 2.01. The van der Waals surface area contributed by atoms with Crippen molar-refractivity contribution in [1.82, 2.24) is 0 Å². The van der Waals surface area contributed by atoms with Gasteiger partial charge in [-0.3, -0.25) is 4.79 Å². The van der Waals surface area contributed by atoms with Crippen LogP contribution < -0.4 is 21.5 Å². The van der Waals surface area contributed by atoms with Crippen molar-refractivity contribution in [1.29, 1.82) is 0 Å². The Labute approximate surface area is 119 Å².